The molecule has 0 aliphatic heterocycles. The van der Waals surface area contributed by atoms with Crippen LogP contribution in [0.5, 0.6) is 0 Å². The summed E-state index contributed by atoms with van der Waals surface area (Å²) in [4.78, 5) is 10.2. The van der Waals surface area contributed by atoms with Gasteiger partial charge < -0.3 is 5.32 Å². The minimum absolute atomic E-state index is 0.316. The molecule has 0 bridgehead atoms. The van der Waals surface area contributed by atoms with Crippen molar-refractivity contribution in [3.63, 3.8) is 0 Å². The van der Waals surface area contributed by atoms with Crippen molar-refractivity contribution >= 4 is 17.0 Å². The number of thiophene rings is 1. The molecule has 0 aliphatic carbocycles. The molecule has 4 heteroatoms. The Labute approximate surface area is 128 Å². The average Bonchev–Trinajstić information content (AvgIpc) is 3.08. The third kappa shape index (κ3) is 3.28. The summed E-state index contributed by atoms with van der Waals surface area (Å²) in [6.07, 6.45) is 4.73. The maximum absolute atomic E-state index is 4.45. The third-order valence-electron chi connectivity index (χ3n) is 3.32. The van der Waals surface area contributed by atoms with E-state index in [2.05, 4.69) is 39.7 Å². The van der Waals surface area contributed by atoms with Crippen molar-refractivity contribution in [1.29, 1.82) is 0 Å². The summed E-state index contributed by atoms with van der Waals surface area (Å²) in [6.45, 7) is 2.18. The Kier molecular flexibility index (Phi) is 4.26. The van der Waals surface area contributed by atoms with Crippen LogP contribution in [0.1, 0.15) is 24.3 Å². The van der Waals surface area contributed by atoms with Crippen LogP contribution in [0.2, 0.25) is 0 Å². The quantitative estimate of drug-likeness (QED) is 0.737. The molecule has 0 saturated carbocycles. The molecular weight excluding hydrogens is 278 g/mol. The summed E-state index contributed by atoms with van der Waals surface area (Å²) in [5.41, 5.74) is 1.99. The molecule has 0 fully saturated rings. The van der Waals surface area contributed by atoms with Crippen LogP contribution < -0.4 is 5.32 Å². The van der Waals surface area contributed by atoms with Crippen molar-refractivity contribution in [3.8, 4) is 11.4 Å². The maximum atomic E-state index is 4.45. The number of aromatic nitrogens is 2. The van der Waals surface area contributed by atoms with Crippen molar-refractivity contribution in [1.82, 2.24) is 9.97 Å². The summed E-state index contributed by atoms with van der Waals surface area (Å²) >= 11 is 1.77. The smallest absolute Gasteiger partial charge is 0.159 e. The van der Waals surface area contributed by atoms with Gasteiger partial charge in [-0.1, -0.05) is 43.3 Å². The normalized spacial score (nSPS) is 12.0. The number of nitrogens with one attached hydrogen (secondary N) is 1. The van der Waals surface area contributed by atoms with E-state index in [0.29, 0.717) is 6.04 Å². The van der Waals surface area contributed by atoms with Crippen LogP contribution >= 0.6 is 11.3 Å². The molecule has 2 heterocycles. The molecule has 1 atom stereocenters. The van der Waals surface area contributed by atoms with E-state index in [1.807, 2.05) is 42.7 Å². The maximum Gasteiger partial charge on any atom is 0.159 e. The lowest BCUT2D eigenvalue weighted by Gasteiger charge is -2.16. The second kappa shape index (κ2) is 6.50. The van der Waals surface area contributed by atoms with Gasteiger partial charge in [0, 0.05) is 10.4 Å². The Bertz CT molecular complexity index is 663. The third-order valence-corrected chi connectivity index (χ3v) is 4.31. The van der Waals surface area contributed by atoms with E-state index in [4.69, 9.17) is 0 Å². The molecule has 106 valence electrons. The van der Waals surface area contributed by atoms with Crippen molar-refractivity contribution in [2.75, 3.05) is 5.32 Å². The predicted molar refractivity (Wildman–Crippen MR) is 88.4 cm³/mol. The van der Waals surface area contributed by atoms with Gasteiger partial charge in [0.05, 0.1) is 24.1 Å². The minimum Gasteiger partial charge on any atom is -0.375 e. The average molecular weight is 295 g/mol. The highest BCUT2D eigenvalue weighted by Crippen LogP contribution is 2.26. The Balaban J connectivity index is 1.75. The zero-order valence-electron chi connectivity index (χ0n) is 11.9. The highest BCUT2D eigenvalue weighted by atomic mass is 32.1. The SMILES string of the molecule is CCC(Nc1cnc(-c2ccccc2)nc1)c1cccs1. The summed E-state index contributed by atoms with van der Waals surface area (Å²) in [6, 6.07) is 14.6. The fourth-order valence-corrected chi connectivity index (χ4v) is 3.07. The molecule has 0 radical (unpaired) electrons. The van der Waals surface area contributed by atoms with Gasteiger partial charge in [-0.15, -0.1) is 11.3 Å². The van der Waals surface area contributed by atoms with E-state index in [1.165, 1.54) is 4.88 Å². The Morgan fingerprint density at radius 3 is 2.43 bits per heavy atom. The number of hydrogen-bond donors (Lipinski definition) is 1. The van der Waals surface area contributed by atoms with Crippen molar-refractivity contribution in [2.45, 2.75) is 19.4 Å². The molecule has 1 aromatic carbocycles. The molecule has 3 rings (SSSR count). The fraction of sp³-hybridized carbons (Fsp3) is 0.176. The first kappa shape index (κ1) is 13.8. The molecule has 3 nitrogen and oxygen atoms in total. The summed E-state index contributed by atoms with van der Waals surface area (Å²) in [5.74, 6) is 0.755. The lowest BCUT2D eigenvalue weighted by atomic mass is 10.2. The molecule has 2 aromatic heterocycles. The van der Waals surface area contributed by atoms with Crippen LogP contribution in [0.3, 0.4) is 0 Å². The molecule has 21 heavy (non-hydrogen) atoms. The monoisotopic (exact) mass is 295 g/mol. The Morgan fingerprint density at radius 2 is 1.81 bits per heavy atom. The molecule has 0 amide bonds. The van der Waals surface area contributed by atoms with Crippen LogP contribution in [-0.2, 0) is 0 Å². The summed E-state index contributed by atoms with van der Waals surface area (Å²) in [5, 5.41) is 5.60. The van der Waals surface area contributed by atoms with Gasteiger partial charge in [0.1, 0.15) is 0 Å². The van der Waals surface area contributed by atoms with Crippen molar-refractivity contribution in [2.24, 2.45) is 0 Å². The topological polar surface area (TPSA) is 37.8 Å². The summed E-state index contributed by atoms with van der Waals surface area (Å²) < 4.78 is 0. The van der Waals surface area contributed by atoms with Crippen LogP contribution in [0, 0.1) is 0 Å². The highest BCUT2D eigenvalue weighted by molar-refractivity contribution is 7.10. The standard InChI is InChI=1S/C17H17N3S/c1-2-15(16-9-6-10-21-16)20-14-11-18-17(19-12-14)13-7-4-3-5-8-13/h3-12,15,20H,2H2,1H3. The summed E-state index contributed by atoms with van der Waals surface area (Å²) in [7, 11) is 0. The molecular formula is C17H17N3S. The number of hydrogen-bond acceptors (Lipinski definition) is 4. The molecule has 0 spiro atoms. The van der Waals surface area contributed by atoms with Gasteiger partial charge in [0.25, 0.3) is 0 Å². The van der Waals surface area contributed by atoms with E-state index in [1.54, 1.807) is 11.3 Å². The first-order valence-corrected chi connectivity index (χ1v) is 7.92. The molecule has 0 saturated heterocycles. The van der Waals surface area contributed by atoms with Gasteiger partial charge >= 0.3 is 0 Å². The first-order chi connectivity index (χ1) is 10.4. The fourth-order valence-electron chi connectivity index (χ4n) is 2.20. The van der Waals surface area contributed by atoms with E-state index in [0.717, 1.165) is 23.5 Å². The van der Waals surface area contributed by atoms with E-state index >= 15 is 0 Å². The largest absolute Gasteiger partial charge is 0.375 e. The lowest BCUT2D eigenvalue weighted by Crippen LogP contribution is -2.08. The van der Waals surface area contributed by atoms with E-state index in [9.17, 15) is 0 Å². The van der Waals surface area contributed by atoms with Crippen LogP contribution in [0.15, 0.2) is 60.2 Å². The zero-order valence-corrected chi connectivity index (χ0v) is 12.7. The van der Waals surface area contributed by atoms with E-state index < -0.39 is 0 Å². The minimum atomic E-state index is 0.316. The molecule has 1 unspecified atom stereocenters. The molecule has 1 N–H and O–H groups in total. The van der Waals surface area contributed by atoms with Gasteiger partial charge in [0.15, 0.2) is 5.82 Å². The molecule has 0 aliphatic rings. The van der Waals surface area contributed by atoms with Crippen LogP contribution in [0.4, 0.5) is 5.69 Å². The van der Waals surface area contributed by atoms with Gasteiger partial charge in [-0.05, 0) is 17.9 Å². The zero-order chi connectivity index (χ0) is 14.5. The predicted octanol–water partition coefficient (Wildman–Crippen LogP) is 4.77. The second-order valence-corrected chi connectivity index (χ2v) is 5.76. The molecule has 3 aromatic rings. The van der Waals surface area contributed by atoms with Gasteiger partial charge in [-0.2, -0.15) is 0 Å². The Hall–Kier alpha value is -2.20. The lowest BCUT2D eigenvalue weighted by molar-refractivity contribution is 0.762. The number of rotatable bonds is 5. The highest BCUT2D eigenvalue weighted by Gasteiger charge is 2.10. The van der Waals surface area contributed by atoms with Crippen molar-refractivity contribution < 1.29 is 0 Å². The number of anilines is 1. The van der Waals surface area contributed by atoms with Gasteiger partial charge in [0.2, 0.25) is 0 Å². The number of benzene rings is 1. The Morgan fingerprint density at radius 1 is 1.05 bits per heavy atom. The van der Waals surface area contributed by atoms with Crippen LogP contribution in [-0.4, -0.2) is 9.97 Å². The number of nitrogens with zero attached hydrogens (tertiary/aromatic N) is 2. The van der Waals surface area contributed by atoms with Crippen molar-refractivity contribution in [3.05, 3.63) is 65.1 Å². The second-order valence-electron chi connectivity index (χ2n) is 4.78. The van der Waals surface area contributed by atoms with Gasteiger partial charge in [-0.3, -0.25) is 0 Å². The van der Waals surface area contributed by atoms with E-state index in [-0.39, 0.29) is 0 Å². The first-order valence-electron chi connectivity index (χ1n) is 7.04. The van der Waals surface area contributed by atoms with Gasteiger partial charge in [-0.25, -0.2) is 9.97 Å². The van der Waals surface area contributed by atoms with Crippen LogP contribution in [0.25, 0.3) is 11.4 Å².